The molecule has 0 radical (unpaired) electrons. The van der Waals surface area contributed by atoms with Crippen molar-refractivity contribution in [3.05, 3.63) is 0 Å². The predicted octanol–water partition coefficient (Wildman–Crippen LogP) is 0.965. The van der Waals surface area contributed by atoms with Crippen molar-refractivity contribution in [1.29, 1.82) is 5.26 Å². The van der Waals surface area contributed by atoms with Crippen molar-refractivity contribution >= 4 is 5.91 Å². The molecule has 5 heteroatoms. The van der Waals surface area contributed by atoms with Gasteiger partial charge in [0.05, 0.1) is 18.7 Å². The van der Waals surface area contributed by atoms with E-state index in [0.29, 0.717) is 12.6 Å². The number of nitriles is 1. The van der Waals surface area contributed by atoms with Crippen LogP contribution in [0.2, 0.25) is 0 Å². The number of nitrogens with zero attached hydrogens (tertiary/aromatic N) is 3. The molecule has 1 aliphatic heterocycles. The molecule has 0 spiro atoms. The molecule has 1 unspecified atom stereocenters. The molecule has 1 saturated heterocycles. The van der Waals surface area contributed by atoms with Crippen molar-refractivity contribution in [3.63, 3.8) is 0 Å². The van der Waals surface area contributed by atoms with Crippen LogP contribution in [0.5, 0.6) is 0 Å². The van der Waals surface area contributed by atoms with Crippen LogP contribution in [-0.4, -0.2) is 60.5 Å². The highest BCUT2D eigenvalue weighted by Gasteiger charge is 2.27. The van der Waals surface area contributed by atoms with E-state index < -0.39 is 0 Å². The molecule has 1 amide bonds. The normalized spacial score (nSPS) is 24.0. The smallest absolute Gasteiger partial charge is 0.237 e. The molecule has 2 aliphatic rings. The maximum Gasteiger partial charge on any atom is 0.237 e. The molecular weight excluding hydrogens is 252 g/mol. The lowest BCUT2D eigenvalue weighted by molar-refractivity contribution is -0.127. The fourth-order valence-corrected chi connectivity index (χ4v) is 3.14. The van der Waals surface area contributed by atoms with E-state index >= 15 is 0 Å². The molecule has 5 nitrogen and oxygen atoms in total. The highest BCUT2D eigenvalue weighted by molar-refractivity contribution is 5.81. The van der Waals surface area contributed by atoms with Gasteiger partial charge in [0.1, 0.15) is 0 Å². The number of hydrogen-bond donors (Lipinski definition) is 1. The van der Waals surface area contributed by atoms with E-state index in [1.54, 1.807) is 0 Å². The minimum atomic E-state index is -0.0545. The van der Waals surface area contributed by atoms with Crippen LogP contribution >= 0.6 is 0 Å². The highest BCUT2D eigenvalue weighted by Crippen LogP contribution is 2.17. The molecular formula is C15H26N4O. The lowest BCUT2D eigenvalue weighted by atomic mass is 9.95. The van der Waals surface area contributed by atoms with Gasteiger partial charge in [-0.25, -0.2) is 0 Å². The van der Waals surface area contributed by atoms with Crippen LogP contribution in [0.4, 0.5) is 0 Å². The van der Waals surface area contributed by atoms with Crippen LogP contribution in [0.3, 0.4) is 0 Å². The summed E-state index contributed by atoms with van der Waals surface area (Å²) in [6.07, 6.45) is 6.06. The molecule has 20 heavy (non-hydrogen) atoms. The topological polar surface area (TPSA) is 59.4 Å². The second kappa shape index (κ2) is 7.61. The quantitative estimate of drug-likeness (QED) is 0.778. The Bertz CT molecular complexity index is 351. The molecule has 1 aliphatic carbocycles. The molecule has 2 rings (SSSR count). The van der Waals surface area contributed by atoms with E-state index in [0.717, 1.165) is 39.0 Å². The first-order chi connectivity index (χ1) is 9.70. The van der Waals surface area contributed by atoms with Gasteiger partial charge < -0.3 is 5.32 Å². The second-order valence-corrected chi connectivity index (χ2v) is 5.99. The largest absolute Gasteiger partial charge is 0.352 e. The summed E-state index contributed by atoms with van der Waals surface area (Å²) < 4.78 is 0. The summed E-state index contributed by atoms with van der Waals surface area (Å²) in [5.41, 5.74) is 0. The van der Waals surface area contributed by atoms with Crippen LogP contribution in [0, 0.1) is 11.3 Å². The van der Waals surface area contributed by atoms with Gasteiger partial charge in [-0.3, -0.25) is 14.6 Å². The van der Waals surface area contributed by atoms with Crippen LogP contribution in [0.15, 0.2) is 0 Å². The Labute approximate surface area is 121 Å². The van der Waals surface area contributed by atoms with Gasteiger partial charge in [0.2, 0.25) is 5.91 Å². The summed E-state index contributed by atoms with van der Waals surface area (Å²) in [7, 11) is 0. The fourth-order valence-electron chi connectivity index (χ4n) is 3.14. The summed E-state index contributed by atoms with van der Waals surface area (Å²) in [5.74, 6) is 0.172. The maximum absolute atomic E-state index is 12.3. The first-order valence-corrected chi connectivity index (χ1v) is 7.84. The lowest BCUT2D eigenvalue weighted by Gasteiger charge is -2.37. The van der Waals surface area contributed by atoms with Gasteiger partial charge in [-0.05, 0) is 19.8 Å². The summed E-state index contributed by atoms with van der Waals surface area (Å²) in [6, 6.07) is 2.52. The fraction of sp³-hybridized carbons (Fsp3) is 0.867. The third kappa shape index (κ3) is 4.19. The standard InChI is InChI=1S/C15H26N4O/c1-13(15(20)17-14-5-3-2-4-6-14)19-11-9-18(8-7-16)10-12-19/h13-14H,2-6,8-12H2,1H3,(H,17,20). The second-order valence-electron chi connectivity index (χ2n) is 5.99. The number of piperazine rings is 1. The zero-order chi connectivity index (χ0) is 14.4. The summed E-state index contributed by atoms with van der Waals surface area (Å²) >= 11 is 0. The van der Waals surface area contributed by atoms with Gasteiger partial charge in [-0.2, -0.15) is 5.26 Å². The van der Waals surface area contributed by atoms with E-state index in [4.69, 9.17) is 5.26 Å². The van der Waals surface area contributed by atoms with Gasteiger partial charge in [0, 0.05) is 32.2 Å². The molecule has 1 atom stereocenters. The van der Waals surface area contributed by atoms with E-state index in [2.05, 4.69) is 21.2 Å². The first-order valence-electron chi connectivity index (χ1n) is 7.84. The Morgan fingerprint density at radius 2 is 1.90 bits per heavy atom. The van der Waals surface area contributed by atoms with Crippen LogP contribution in [0.25, 0.3) is 0 Å². The van der Waals surface area contributed by atoms with Gasteiger partial charge in [-0.1, -0.05) is 19.3 Å². The molecule has 0 aromatic rings. The van der Waals surface area contributed by atoms with Crippen LogP contribution < -0.4 is 5.32 Å². The van der Waals surface area contributed by atoms with E-state index in [1.165, 1.54) is 19.3 Å². The summed E-state index contributed by atoms with van der Waals surface area (Å²) in [4.78, 5) is 16.7. The van der Waals surface area contributed by atoms with Crippen molar-refractivity contribution in [1.82, 2.24) is 15.1 Å². The van der Waals surface area contributed by atoms with Crippen molar-refractivity contribution < 1.29 is 4.79 Å². The molecule has 0 aromatic heterocycles. The van der Waals surface area contributed by atoms with Crippen molar-refractivity contribution in [3.8, 4) is 6.07 Å². The predicted molar refractivity (Wildman–Crippen MR) is 78.1 cm³/mol. The molecule has 1 saturated carbocycles. The first kappa shape index (κ1) is 15.3. The van der Waals surface area contributed by atoms with Gasteiger partial charge in [0.25, 0.3) is 0 Å². The molecule has 0 bridgehead atoms. The van der Waals surface area contributed by atoms with Gasteiger partial charge in [0.15, 0.2) is 0 Å². The number of nitrogens with one attached hydrogen (secondary N) is 1. The van der Waals surface area contributed by atoms with E-state index in [1.807, 2.05) is 6.92 Å². The van der Waals surface area contributed by atoms with E-state index in [-0.39, 0.29) is 11.9 Å². The summed E-state index contributed by atoms with van der Waals surface area (Å²) in [6.45, 7) is 6.01. The Balaban J connectivity index is 1.74. The third-order valence-corrected chi connectivity index (χ3v) is 4.58. The molecule has 1 N–H and O–H groups in total. The molecule has 0 aromatic carbocycles. The molecule has 112 valence electrons. The van der Waals surface area contributed by atoms with Gasteiger partial charge >= 0.3 is 0 Å². The molecule has 2 fully saturated rings. The Hall–Kier alpha value is -1.12. The van der Waals surface area contributed by atoms with Crippen LogP contribution in [-0.2, 0) is 4.79 Å². The van der Waals surface area contributed by atoms with Crippen molar-refractivity contribution in [2.45, 2.75) is 51.1 Å². The number of amides is 1. The Morgan fingerprint density at radius 1 is 1.25 bits per heavy atom. The minimum Gasteiger partial charge on any atom is -0.352 e. The maximum atomic E-state index is 12.3. The summed E-state index contributed by atoms with van der Waals surface area (Å²) in [5, 5.41) is 11.9. The van der Waals surface area contributed by atoms with Crippen LogP contribution in [0.1, 0.15) is 39.0 Å². The zero-order valence-electron chi connectivity index (χ0n) is 12.5. The average Bonchev–Trinajstić information content (AvgIpc) is 2.48. The Morgan fingerprint density at radius 3 is 2.50 bits per heavy atom. The van der Waals surface area contributed by atoms with Crippen molar-refractivity contribution in [2.75, 3.05) is 32.7 Å². The number of hydrogen-bond acceptors (Lipinski definition) is 4. The van der Waals surface area contributed by atoms with Gasteiger partial charge in [-0.15, -0.1) is 0 Å². The monoisotopic (exact) mass is 278 g/mol. The average molecular weight is 278 g/mol. The number of carbonyl (C=O) groups excluding carboxylic acids is 1. The van der Waals surface area contributed by atoms with Crippen molar-refractivity contribution in [2.24, 2.45) is 0 Å². The highest BCUT2D eigenvalue weighted by atomic mass is 16.2. The Kier molecular flexibility index (Phi) is 5.81. The minimum absolute atomic E-state index is 0.0545. The lowest BCUT2D eigenvalue weighted by Crippen LogP contribution is -2.55. The third-order valence-electron chi connectivity index (χ3n) is 4.58. The zero-order valence-corrected chi connectivity index (χ0v) is 12.5. The number of carbonyl (C=O) groups is 1. The molecule has 1 heterocycles. The van der Waals surface area contributed by atoms with E-state index in [9.17, 15) is 4.79 Å². The number of rotatable bonds is 4. The SMILES string of the molecule is CC(C(=O)NC1CCCCC1)N1CCN(CC#N)CC1.